The minimum Gasteiger partial charge on any atom is -0.462 e. The molecule has 0 amide bonds. The molecule has 0 spiro atoms. The summed E-state index contributed by atoms with van der Waals surface area (Å²) in [5.74, 6) is -0.619. The van der Waals surface area contributed by atoms with E-state index in [1.54, 1.807) is 0 Å². The molecular formula is C75H146O17P2. The monoisotopic (exact) mass is 1380 g/mol. The van der Waals surface area contributed by atoms with Crippen molar-refractivity contribution in [2.24, 2.45) is 11.8 Å². The number of phosphoric acid groups is 2. The first-order valence-electron chi connectivity index (χ1n) is 39.0. The fourth-order valence-electron chi connectivity index (χ4n) is 11.5. The van der Waals surface area contributed by atoms with Gasteiger partial charge in [-0.1, -0.05) is 337 Å². The van der Waals surface area contributed by atoms with Crippen molar-refractivity contribution in [1.82, 2.24) is 0 Å². The summed E-state index contributed by atoms with van der Waals surface area (Å²) in [5, 5.41) is 10.6. The first-order chi connectivity index (χ1) is 45.4. The Morgan fingerprint density at radius 2 is 0.489 bits per heavy atom. The summed E-state index contributed by atoms with van der Waals surface area (Å²) in [4.78, 5) is 72.8. The van der Waals surface area contributed by atoms with E-state index in [4.69, 9.17) is 37.0 Å². The van der Waals surface area contributed by atoms with Gasteiger partial charge in [0.1, 0.15) is 19.3 Å². The Morgan fingerprint density at radius 3 is 0.723 bits per heavy atom. The Morgan fingerprint density at radius 1 is 0.287 bits per heavy atom. The number of phosphoric ester groups is 2. The van der Waals surface area contributed by atoms with Crippen molar-refractivity contribution in [2.45, 2.75) is 407 Å². The maximum absolute atomic E-state index is 13.1. The van der Waals surface area contributed by atoms with Crippen LogP contribution in [0.2, 0.25) is 0 Å². The molecular weight excluding hydrogens is 1230 g/mol. The van der Waals surface area contributed by atoms with Crippen molar-refractivity contribution >= 4 is 39.5 Å². The number of unbranched alkanes of at least 4 members (excludes halogenated alkanes) is 44. The molecule has 0 heterocycles. The standard InChI is InChI=1S/C75H146O17P2/c1-7-9-11-13-15-17-19-21-23-25-27-34-41-47-53-59-74(79)91-70(63-85-72(77)57-51-45-39-33-26-24-22-20-18-16-14-12-10-8-2)65-89-93(81,82)87-61-69(76)62-88-94(83,84)90-66-71(64-86-73(78)58-52-46-40-36-30-32-38-44-50-56-68(5)6)92-75(80)60-54-48-42-35-29-28-31-37-43-49-55-67(3)4/h67-71,76H,7-66H2,1-6H3,(H,81,82)(H,83,84)/t69-,70-,71-/m1/s1. The maximum Gasteiger partial charge on any atom is 0.472 e. The Balaban J connectivity index is 5.27. The number of aliphatic hydroxyl groups is 1. The number of hydrogen-bond donors (Lipinski definition) is 3. The van der Waals surface area contributed by atoms with Crippen molar-refractivity contribution in [3.63, 3.8) is 0 Å². The summed E-state index contributed by atoms with van der Waals surface area (Å²) in [5.41, 5.74) is 0. The Labute approximate surface area is 575 Å². The minimum absolute atomic E-state index is 0.106. The number of ether oxygens (including phenoxy) is 4. The first-order valence-corrected chi connectivity index (χ1v) is 42.0. The molecule has 0 aromatic carbocycles. The molecule has 0 fully saturated rings. The molecule has 94 heavy (non-hydrogen) atoms. The second-order valence-electron chi connectivity index (χ2n) is 28.0. The van der Waals surface area contributed by atoms with Gasteiger partial charge in [-0.25, -0.2) is 9.13 Å². The molecule has 5 atom stereocenters. The van der Waals surface area contributed by atoms with Crippen LogP contribution in [0.15, 0.2) is 0 Å². The van der Waals surface area contributed by atoms with E-state index in [9.17, 15) is 43.2 Å². The van der Waals surface area contributed by atoms with Crippen LogP contribution in [0.1, 0.15) is 388 Å². The third kappa shape index (κ3) is 68.6. The first kappa shape index (κ1) is 92.1. The Kier molecular flexibility index (Phi) is 65.5. The Hall–Kier alpha value is -1.94. The molecule has 0 aliphatic rings. The molecule has 0 rings (SSSR count). The zero-order chi connectivity index (χ0) is 69.3. The van der Waals surface area contributed by atoms with Gasteiger partial charge < -0.3 is 33.8 Å². The second kappa shape index (κ2) is 66.9. The lowest BCUT2D eigenvalue weighted by Gasteiger charge is -2.21. The third-order valence-electron chi connectivity index (χ3n) is 17.5. The topological polar surface area (TPSA) is 237 Å². The molecule has 558 valence electrons. The highest BCUT2D eigenvalue weighted by Crippen LogP contribution is 2.45. The maximum atomic E-state index is 13.1. The largest absolute Gasteiger partial charge is 0.472 e. The zero-order valence-corrected chi connectivity index (χ0v) is 63.1. The summed E-state index contributed by atoms with van der Waals surface area (Å²) >= 11 is 0. The molecule has 0 aromatic rings. The number of aliphatic hydroxyl groups excluding tert-OH is 1. The molecule has 2 unspecified atom stereocenters. The zero-order valence-electron chi connectivity index (χ0n) is 61.3. The van der Waals surface area contributed by atoms with Crippen LogP contribution in [0.3, 0.4) is 0 Å². The van der Waals surface area contributed by atoms with Crippen LogP contribution < -0.4 is 0 Å². The van der Waals surface area contributed by atoms with E-state index in [1.165, 1.54) is 205 Å². The van der Waals surface area contributed by atoms with Gasteiger partial charge in [-0.3, -0.25) is 37.3 Å². The van der Waals surface area contributed by atoms with E-state index < -0.39 is 97.5 Å². The van der Waals surface area contributed by atoms with Gasteiger partial charge in [-0.2, -0.15) is 0 Å². The van der Waals surface area contributed by atoms with Crippen LogP contribution in [-0.2, 0) is 65.4 Å². The van der Waals surface area contributed by atoms with E-state index in [2.05, 4.69) is 41.5 Å². The van der Waals surface area contributed by atoms with Crippen molar-refractivity contribution in [3.05, 3.63) is 0 Å². The fourth-order valence-corrected chi connectivity index (χ4v) is 13.1. The summed E-state index contributed by atoms with van der Waals surface area (Å²) in [6, 6.07) is 0. The number of carbonyl (C=O) groups excluding carboxylic acids is 4. The van der Waals surface area contributed by atoms with E-state index in [0.717, 1.165) is 102 Å². The molecule has 0 aliphatic carbocycles. The van der Waals surface area contributed by atoms with Gasteiger partial charge in [-0.15, -0.1) is 0 Å². The summed E-state index contributed by atoms with van der Waals surface area (Å²) < 4.78 is 68.5. The number of carbonyl (C=O) groups is 4. The SMILES string of the molecule is CCCCCCCCCCCCCCCCCC(=O)O[C@H](COC(=O)CCCCCCCCCCCCCCCC)COP(=O)(O)OC[C@@H](O)COP(=O)(O)OC[C@@H](COC(=O)CCCCCCCCCCCC(C)C)OC(=O)CCCCCCCCCCCCC(C)C. The highest BCUT2D eigenvalue weighted by Gasteiger charge is 2.30. The second-order valence-corrected chi connectivity index (χ2v) is 30.9. The molecule has 0 saturated heterocycles. The predicted molar refractivity (Wildman–Crippen MR) is 381 cm³/mol. The van der Waals surface area contributed by atoms with Gasteiger partial charge in [0.15, 0.2) is 12.2 Å². The number of hydrogen-bond acceptors (Lipinski definition) is 15. The van der Waals surface area contributed by atoms with Crippen LogP contribution in [0, 0.1) is 11.8 Å². The molecule has 0 radical (unpaired) electrons. The highest BCUT2D eigenvalue weighted by atomic mass is 31.2. The smallest absolute Gasteiger partial charge is 0.462 e. The molecule has 0 aliphatic heterocycles. The lowest BCUT2D eigenvalue weighted by molar-refractivity contribution is -0.161. The molecule has 0 bridgehead atoms. The molecule has 0 saturated carbocycles. The average Bonchev–Trinajstić information content (AvgIpc) is 1.79. The van der Waals surface area contributed by atoms with Gasteiger partial charge in [0, 0.05) is 25.7 Å². The third-order valence-corrected chi connectivity index (χ3v) is 19.4. The van der Waals surface area contributed by atoms with Crippen molar-refractivity contribution in [2.75, 3.05) is 39.6 Å². The van der Waals surface area contributed by atoms with Gasteiger partial charge in [0.2, 0.25) is 0 Å². The summed E-state index contributed by atoms with van der Waals surface area (Å²) in [7, 11) is -9.91. The van der Waals surface area contributed by atoms with Crippen LogP contribution >= 0.6 is 15.6 Å². The molecule has 19 heteroatoms. The van der Waals surface area contributed by atoms with Gasteiger partial charge in [0.25, 0.3) is 0 Å². The van der Waals surface area contributed by atoms with Crippen molar-refractivity contribution in [3.8, 4) is 0 Å². The van der Waals surface area contributed by atoms with Gasteiger partial charge in [0.05, 0.1) is 26.4 Å². The molecule has 17 nitrogen and oxygen atoms in total. The lowest BCUT2D eigenvalue weighted by Crippen LogP contribution is -2.30. The highest BCUT2D eigenvalue weighted by molar-refractivity contribution is 7.47. The predicted octanol–water partition coefficient (Wildman–Crippen LogP) is 21.9. The van der Waals surface area contributed by atoms with Crippen LogP contribution in [0.5, 0.6) is 0 Å². The lowest BCUT2D eigenvalue weighted by atomic mass is 10.0. The molecule has 3 N–H and O–H groups in total. The minimum atomic E-state index is -4.96. The van der Waals surface area contributed by atoms with Gasteiger partial charge in [-0.05, 0) is 37.5 Å². The van der Waals surface area contributed by atoms with Gasteiger partial charge >= 0.3 is 39.5 Å². The van der Waals surface area contributed by atoms with E-state index in [1.807, 2.05) is 0 Å². The average molecular weight is 1380 g/mol. The fraction of sp³-hybridized carbons (Fsp3) is 0.947. The van der Waals surface area contributed by atoms with E-state index in [0.29, 0.717) is 25.7 Å². The summed E-state index contributed by atoms with van der Waals surface area (Å²) in [6.45, 7) is 9.57. The van der Waals surface area contributed by atoms with E-state index in [-0.39, 0.29) is 25.7 Å². The van der Waals surface area contributed by atoms with Crippen LogP contribution in [-0.4, -0.2) is 96.7 Å². The van der Waals surface area contributed by atoms with E-state index >= 15 is 0 Å². The number of rotatable bonds is 74. The molecule has 0 aromatic heterocycles. The van der Waals surface area contributed by atoms with Crippen molar-refractivity contribution < 1.29 is 80.2 Å². The summed E-state index contributed by atoms with van der Waals surface area (Å²) in [6.07, 6.45) is 54.0. The van der Waals surface area contributed by atoms with Crippen LogP contribution in [0.25, 0.3) is 0 Å². The van der Waals surface area contributed by atoms with Crippen molar-refractivity contribution in [1.29, 1.82) is 0 Å². The quantitative estimate of drug-likeness (QED) is 0.0222. The Bertz CT molecular complexity index is 1820. The normalized spacial score (nSPS) is 14.0. The number of esters is 4. The van der Waals surface area contributed by atoms with Crippen LogP contribution in [0.4, 0.5) is 0 Å².